The molecule has 1 unspecified atom stereocenters. The van der Waals surface area contributed by atoms with E-state index in [1.165, 1.54) is 0 Å². The van der Waals surface area contributed by atoms with Crippen molar-refractivity contribution in [2.45, 2.75) is 38.3 Å². The number of nitrogens with one attached hydrogen (secondary N) is 1. The lowest BCUT2D eigenvalue weighted by Crippen LogP contribution is -2.63. The van der Waals surface area contributed by atoms with Crippen molar-refractivity contribution in [2.24, 2.45) is 0 Å². The first-order valence-corrected chi connectivity index (χ1v) is 13.5. The van der Waals surface area contributed by atoms with Crippen LogP contribution < -0.4 is 15.0 Å². The summed E-state index contributed by atoms with van der Waals surface area (Å²) < 4.78 is 7.40. The number of likely N-dealkylation sites (N-methyl/N-ethyl adjacent to an activating group) is 1. The lowest BCUT2D eigenvalue weighted by atomic mass is 9.86. The van der Waals surface area contributed by atoms with Crippen LogP contribution in [0.25, 0.3) is 16.6 Å². The third-order valence-electron chi connectivity index (χ3n) is 8.06. The van der Waals surface area contributed by atoms with Gasteiger partial charge in [-0.05, 0) is 51.9 Å². The molecular weight excluding hydrogens is 496 g/mol. The minimum absolute atomic E-state index is 0.450. The highest BCUT2D eigenvalue weighted by Gasteiger charge is 2.39. The van der Waals surface area contributed by atoms with Gasteiger partial charge in [0, 0.05) is 62.6 Å². The van der Waals surface area contributed by atoms with E-state index in [4.69, 9.17) is 9.72 Å². The third kappa shape index (κ3) is 5.62. The van der Waals surface area contributed by atoms with Crippen LogP contribution in [0.3, 0.4) is 0 Å². The van der Waals surface area contributed by atoms with Gasteiger partial charge in [-0.2, -0.15) is 10.4 Å². The molecule has 11 nitrogen and oxygen atoms in total. The van der Waals surface area contributed by atoms with Crippen LogP contribution >= 0.6 is 0 Å². The molecule has 2 N–H and O–H groups in total. The summed E-state index contributed by atoms with van der Waals surface area (Å²) in [6, 6.07) is 8.59. The van der Waals surface area contributed by atoms with Crippen molar-refractivity contribution in [2.75, 3.05) is 57.8 Å². The number of amides is 1. The first kappa shape index (κ1) is 26.7. The first-order valence-electron chi connectivity index (χ1n) is 13.5. The number of pyridine rings is 2. The summed E-state index contributed by atoms with van der Waals surface area (Å²) in [5, 5.41) is 26.4. The largest absolute Gasteiger partial charge is 0.492 e. The Morgan fingerprint density at radius 2 is 2.05 bits per heavy atom. The molecule has 5 rings (SSSR count). The number of nitrogens with zero attached hydrogens (tertiary/aromatic N) is 7. The highest BCUT2D eigenvalue weighted by atomic mass is 16.5. The number of ether oxygens (including phenoxy) is 1. The fourth-order valence-corrected chi connectivity index (χ4v) is 5.79. The smallest absolute Gasteiger partial charge is 0.405 e. The molecule has 0 aromatic carbocycles. The number of piperidine rings is 1. The van der Waals surface area contributed by atoms with Crippen LogP contribution in [0.15, 0.2) is 36.8 Å². The molecule has 11 heteroatoms. The number of rotatable bonds is 7. The van der Waals surface area contributed by atoms with E-state index in [1.54, 1.807) is 16.9 Å². The van der Waals surface area contributed by atoms with Crippen LogP contribution in [-0.4, -0.2) is 100 Å². The van der Waals surface area contributed by atoms with Crippen molar-refractivity contribution in [3.63, 3.8) is 0 Å². The van der Waals surface area contributed by atoms with Gasteiger partial charge in [0.1, 0.15) is 17.6 Å². The van der Waals surface area contributed by atoms with Crippen LogP contribution in [0.4, 0.5) is 10.6 Å². The van der Waals surface area contributed by atoms with Crippen LogP contribution in [0, 0.1) is 11.3 Å². The maximum atomic E-state index is 11.7. The number of carboxylic acid groups (broad SMARTS) is 1. The van der Waals surface area contributed by atoms with E-state index >= 15 is 0 Å². The summed E-state index contributed by atoms with van der Waals surface area (Å²) in [5.41, 5.74) is 2.43. The molecule has 0 bridgehead atoms. The minimum Gasteiger partial charge on any atom is -0.492 e. The van der Waals surface area contributed by atoms with Crippen LogP contribution in [-0.2, 0) is 0 Å². The van der Waals surface area contributed by atoms with Crippen LogP contribution in [0.1, 0.15) is 32.3 Å². The molecule has 3 aromatic rings. The van der Waals surface area contributed by atoms with Crippen molar-refractivity contribution in [1.29, 1.82) is 5.26 Å². The third-order valence-corrected chi connectivity index (χ3v) is 8.06. The summed E-state index contributed by atoms with van der Waals surface area (Å²) in [6.07, 6.45) is 5.61. The number of hydrogen-bond donors (Lipinski definition) is 2. The normalized spacial score (nSPS) is 20.1. The maximum Gasteiger partial charge on any atom is 0.405 e. The zero-order chi connectivity index (χ0) is 27.6. The van der Waals surface area contributed by atoms with Gasteiger partial charge in [0.05, 0.1) is 35.6 Å². The lowest BCUT2D eigenvalue weighted by molar-refractivity contribution is 0.0693. The Bertz CT molecular complexity index is 1360. The van der Waals surface area contributed by atoms with Crippen LogP contribution in [0.2, 0.25) is 0 Å². The molecule has 0 spiro atoms. The van der Waals surface area contributed by atoms with Gasteiger partial charge >= 0.3 is 6.09 Å². The molecule has 2 aliphatic heterocycles. The number of nitriles is 1. The summed E-state index contributed by atoms with van der Waals surface area (Å²) in [5.74, 6) is 1.52. The molecule has 0 aliphatic carbocycles. The topological polar surface area (TPSA) is 122 Å². The monoisotopic (exact) mass is 532 g/mol. The number of aromatic nitrogens is 3. The van der Waals surface area contributed by atoms with Crippen LogP contribution in [0.5, 0.6) is 5.75 Å². The highest BCUT2D eigenvalue weighted by molar-refractivity contribution is 5.85. The summed E-state index contributed by atoms with van der Waals surface area (Å²) in [7, 11) is 2.14. The average molecular weight is 533 g/mol. The van der Waals surface area contributed by atoms with E-state index in [9.17, 15) is 15.2 Å². The van der Waals surface area contributed by atoms with Gasteiger partial charge in [-0.1, -0.05) is 0 Å². The van der Waals surface area contributed by atoms with Gasteiger partial charge in [-0.25, -0.2) is 14.3 Å². The second-order valence-electron chi connectivity index (χ2n) is 10.7. The quantitative estimate of drug-likeness (QED) is 0.473. The highest BCUT2D eigenvalue weighted by Crippen LogP contribution is 2.32. The Labute approximate surface area is 228 Å². The van der Waals surface area contributed by atoms with E-state index in [0.717, 1.165) is 48.6 Å². The van der Waals surface area contributed by atoms with Crippen molar-refractivity contribution in [3.8, 4) is 22.9 Å². The van der Waals surface area contributed by atoms with Gasteiger partial charge in [-0.15, -0.1) is 0 Å². The van der Waals surface area contributed by atoms with Crippen molar-refractivity contribution in [3.05, 3.63) is 42.4 Å². The van der Waals surface area contributed by atoms with Gasteiger partial charge in [0.25, 0.3) is 0 Å². The molecule has 206 valence electrons. The molecule has 0 radical (unpaired) electrons. The molecular formula is C28H36N8O3. The Kier molecular flexibility index (Phi) is 7.59. The summed E-state index contributed by atoms with van der Waals surface area (Å²) in [4.78, 5) is 23.5. The molecule has 1 atom stereocenters. The molecule has 39 heavy (non-hydrogen) atoms. The average Bonchev–Trinajstić information content (AvgIpc) is 3.34. The number of piperazine rings is 1. The molecule has 2 aliphatic rings. The molecule has 0 saturated carbocycles. The molecule has 3 aromatic heterocycles. The Hall–Kier alpha value is -3.88. The number of hydrogen-bond acceptors (Lipinski definition) is 8. The Balaban J connectivity index is 1.33. The zero-order valence-corrected chi connectivity index (χ0v) is 22.8. The number of fused-ring (bicyclic) bond motifs is 1. The van der Waals surface area contributed by atoms with E-state index in [0.29, 0.717) is 49.9 Å². The van der Waals surface area contributed by atoms with Crippen molar-refractivity contribution < 1.29 is 14.6 Å². The van der Waals surface area contributed by atoms with E-state index < -0.39 is 11.6 Å². The van der Waals surface area contributed by atoms with E-state index in [2.05, 4.69) is 45.2 Å². The molecule has 1 amide bonds. The SMILES string of the molecule is CCOc1cc(-c2ccc(N3CCC(CN4CCN(C)C(C)C4)(NC(=O)O)CC3)nc2)c2c(C#N)cnn2c1. The fourth-order valence-electron chi connectivity index (χ4n) is 5.79. The van der Waals surface area contributed by atoms with Crippen molar-refractivity contribution in [1.82, 2.24) is 29.7 Å². The minimum atomic E-state index is -0.967. The van der Waals surface area contributed by atoms with E-state index in [1.807, 2.05) is 31.3 Å². The predicted octanol–water partition coefficient (Wildman–Crippen LogP) is 2.91. The maximum absolute atomic E-state index is 11.7. The number of anilines is 1. The summed E-state index contributed by atoms with van der Waals surface area (Å²) in [6.45, 7) is 9.67. The standard InChI is InChI=1S/C28H36N8O3/c1-4-39-23-13-24(26-22(14-29)16-31-36(26)18-23)21-5-6-25(30-15-21)35-9-7-28(8-10-35,32-27(37)38)19-34-12-11-33(3)20(2)17-34/h5-6,13,15-16,18,20,32H,4,7-12,17,19H2,1-3H3,(H,37,38). The van der Waals surface area contributed by atoms with Gasteiger partial charge in [-0.3, -0.25) is 4.90 Å². The molecule has 2 saturated heterocycles. The second-order valence-corrected chi connectivity index (χ2v) is 10.7. The van der Waals surface area contributed by atoms with E-state index in [-0.39, 0.29) is 0 Å². The molecule has 5 heterocycles. The number of carbonyl (C=O) groups is 1. The fraction of sp³-hybridized carbons (Fsp3) is 0.500. The zero-order valence-electron chi connectivity index (χ0n) is 22.8. The lowest BCUT2D eigenvalue weighted by Gasteiger charge is -2.47. The molecule has 2 fully saturated rings. The second kappa shape index (κ2) is 11.1. The van der Waals surface area contributed by atoms with Gasteiger partial charge < -0.3 is 25.0 Å². The van der Waals surface area contributed by atoms with Gasteiger partial charge in [0.15, 0.2) is 0 Å². The van der Waals surface area contributed by atoms with Crippen molar-refractivity contribution >= 4 is 17.4 Å². The Morgan fingerprint density at radius 3 is 2.69 bits per heavy atom. The van der Waals surface area contributed by atoms with Gasteiger partial charge in [0.2, 0.25) is 0 Å². The first-order chi connectivity index (χ1) is 18.8. The predicted molar refractivity (Wildman–Crippen MR) is 148 cm³/mol. The summed E-state index contributed by atoms with van der Waals surface area (Å²) >= 11 is 0. The Morgan fingerprint density at radius 1 is 1.26 bits per heavy atom.